The van der Waals surface area contributed by atoms with Gasteiger partial charge in [-0.3, -0.25) is 9.59 Å². The first-order chi connectivity index (χ1) is 17.4. The Morgan fingerprint density at radius 1 is 1.03 bits per heavy atom. The zero-order valence-corrected chi connectivity index (χ0v) is 23.2. The summed E-state index contributed by atoms with van der Waals surface area (Å²) >= 11 is 15.9. The van der Waals surface area contributed by atoms with Gasteiger partial charge in [-0.2, -0.15) is 0 Å². The van der Waals surface area contributed by atoms with Crippen molar-refractivity contribution in [3.8, 4) is 5.75 Å². The molecule has 3 rings (SSSR count). The van der Waals surface area contributed by atoms with Crippen LogP contribution in [0.25, 0.3) is 0 Å². The lowest BCUT2D eigenvalue weighted by molar-refractivity contribution is -0.142. The molecule has 0 aliphatic carbocycles. The van der Waals surface area contributed by atoms with Crippen molar-refractivity contribution < 1.29 is 14.3 Å². The highest BCUT2D eigenvalue weighted by Crippen LogP contribution is 2.28. The zero-order valence-electron chi connectivity index (χ0n) is 20.1. The minimum Gasteiger partial charge on any atom is -0.483 e. The molecule has 0 aromatic heterocycles. The fourth-order valence-corrected chi connectivity index (χ4v) is 4.68. The number of nitrogens with zero attached hydrogens (tertiary/aromatic N) is 1. The Balaban J connectivity index is 1.90. The van der Waals surface area contributed by atoms with Crippen molar-refractivity contribution in [2.45, 2.75) is 38.8 Å². The first kappa shape index (κ1) is 28.0. The number of ether oxygens (including phenoxy) is 1. The first-order valence-electron chi connectivity index (χ1n) is 11.8. The maximum atomic E-state index is 13.6. The molecule has 0 aliphatic rings. The lowest BCUT2D eigenvalue weighted by Crippen LogP contribution is -2.51. The topological polar surface area (TPSA) is 58.6 Å². The molecule has 2 amide bonds. The highest BCUT2D eigenvalue weighted by molar-refractivity contribution is 9.10. The van der Waals surface area contributed by atoms with Crippen LogP contribution < -0.4 is 10.1 Å². The third kappa shape index (κ3) is 8.26. The van der Waals surface area contributed by atoms with Gasteiger partial charge in [-0.25, -0.2) is 0 Å². The molecule has 3 aromatic rings. The average molecular weight is 592 g/mol. The number of rotatable bonds is 12. The highest BCUT2D eigenvalue weighted by Gasteiger charge is 2.31. The number of halogens is 3. The van der Waals surface area contributed by atoms with Crippen molar-refractivity contribution in [1.29, 1.82) is 0 Å². The number of unbranched alkanes of at least 4 members (excludes halogenated alkanes) is 1. The summed E-state index contributed by atoms with van der Waals surface area (Å²) in [5, 5.41) is 4.08. The smallest absolute Gasteiger partial charge is 0.261 e. The second kappa shape index (κ2) is 14.3. The largest absolute Gasteiger partial charge is 0.483 e. The molecule has 0 spiro atoms. The molecule has 0 heterocycles. The summed E-state index contributed by atoms with van der Waals surface area (Å²) < 4.78 is 6.46. The molecule has 3 aromatic carbocycles. The van der Waals surface area contributed by atoms with Crippen molar-refractivity contribution in [1.82, 2.24) is 10.2 Å². The molecule has 1 unspecified atom stereocenters. The normalized spacial score (nSPS) is 11.6. The van der Waals surface area contributed by atoms with Gasteiger partial charge < -0.3 is 15.0 Å². The van der Waals surface area contributed by atoms with Crippen LogP contribution in [-0.2, 0) is 22.6 Å². The Morgan fingerprint density at radius 2 is 1.75 bits per heavy atom. The summed E-state index contributed by atoms with van der Waals surface area (Å²) in [4.78, 5) is 28.6. The van der Waals surface area contributed by atoms with E-state index in [1.165, 1.54) is 0 Å². The molecule has 0 bridgehead atoms. The molecule has 0 radical (unpaired) electrons. The van der Waals surface area contributed by atoms with Crippen LogP contribution in [0.1, 0.15) is 30.9 Å². The fourth-order valence-electron chi connectivity index (χ4n) is 3.68. The van der Waals surface area contributed by atoms with Crippen LogP contribution in [0.2, 0.25) is 10.0 Å². The van der Waals surface area contributed by atoms with Gasteiger partial charge in [-0.05, 0) is 57.7 Å². The molecule has 0 aliphatic heterocycles. The highest BCUT2D eigenvalue weighted by atomic mass is 79.9. The lowest BCUT2D eigenvalue weighted by atomic mass is 10.0. The van der Waals surface area contributed by atoms with Crippen LogP contribution in [0.4, 0.5) is 0 Å². The summed E-state index contributed by atoms with van der Waals surface area (Å²) in [5.41, 5.74) is 1.70. The van der Waals surface area contributed by atoms with Crippen molar-refractivity contribution >= 4 is 50.9 Å². The minimum atomic E-state index is -0.745. The van der Waals surface area contributed by atoms with Crippen LogP contribution in [0, 0.1) is 0 Å². The Kier molecular flexibility index (Phi) is 11.1. The van der Waals surface area contributed by atoms with E-state index in [2.05, 4.69) is 28.2 Å². The predicted octanol–water partition coefficient (Wildman–Crippen LogP) is 6.69. The van der Waals surface area contributed by atoms with E-state index in [1.807, 2.05) is 48.5 Å². The van der Waals surface area contributed by atoms with Crippen LogP contribution in [-0.4, -0.2) is 35.9 Å². The Bertz CT molecular complexity index is 1160. The van der Waals surface area contributed by atoms with E-state index < -0.39 is 6.04 Å². The van der Waals surface area contributed by atoms with Crippen LogP contribution >= 0.6 is 39.1 Å². The number of carbonyl (C=O) groups is 2. The quantitative estimate of drug-likeness (QED) is 0.239. The molecule has 0 saturated carbocycles. The van der Waals surface area contributed by atoms with Gasteiger partial charge in [-0.1, -0.05) is 85.1 Å². The van der Waals surface area contributed by atoms with E-state index >= 15 is 0 Å². The Hall–Kier alpha value is -2.54. The molecule has 0 saturated heterocycles. The van der Waals surface area contributed by atoms with E-state index in [0.29, 0.717) is 33.2 Å². The van der Waals surface area contributed by atoms with Gasteiger partial charge in [0.1, 0.15) is 11.8 Å². The van der Waals surface area contributed by atoms with Gasteiger partial charge in [-0.15, -0.1) is 0 Å². The number of hydrogen-bond donors (Lipinski definition) is 1. The van der Waals surface area contributed by atoms with Gasteiger partial charge in [0.2, 0.25) is 5.91 Å². The van der Waals surface area contributed by atoms with Gasteiger partial charge in [0.05, 0.1) is 4.47 Å². The van der Waals surface area contributed by atoms with Crippen molar-refractivity contribution in [2.24, 2.45) is 0 Å². The molecule has 5 nitrogen and oxygen atoms in total. The Labute approximate surface area is 230 Å². The summed E-state index contributed by atoms with van der Waals surface area (Å²) in [6.45, 7) is 2.52. The molecule has 0 fully saturated rings. The van der Waals surface area contributed by atoms with E-state index in [1.54, 1.807) is 29.2 Å². The number of benzene rings is 3. The van der Waals surface area contributed by atoms with E-state index in [-0.39, 0.29) is 25.0 Å². The summed E-state index contributed by atoms with van der Waals surface area (Å²) in [7, 11) is 0. The summed E-state index contributed by atoms with van der Waals surface area (Å²) in [6, 6.07) is 21.3. The van der Waals surface area contributed by atoms with Crippen molar-refractivity contribution in [2.75, 3.05) is 13.2 Å². The van der Waals surface area contributed by atoms with Gasteiger partial charge in [0, 0.05) is 29.6 Å². The fraction of sp³-hybridized carbons (Fsp3) is 0.286. The number of carbonyl (C=O) groups excluding carboxylic acids is 2. The lowest BCUT2D eigenvalue weighted by Gasteiger charge is -2.31. The van der Waals surface area contributed by atoms with E-state index in [4.69, 9.17) is 27.9 Å². The number of amides is 2. The van der Waals surface area contributed by atoms with Crippen LogP contribution in [0.5, 0.6) is 5.75 Å². The van der Waals surface area contributed by atoms with E-state index in [0.717, 1.165) is 24.0 Å². The van der Waals surface area contributed by atoms with Crippen LogP contribution in [0.15, 0.2) is 77.3 Å². The second-order valence-corrected chi connectivity index (χ2v) is 10.0. The molecular formula is C28H29BrCl2N2O3. The molecule has 1 N–H and O–H groups in total. The van der Waals surface area contributed by atoms with Crippen molar-refractivity contribution in [3.05, 3.63) is 98.4 Å². The van der Waals surface area contributed by atoms with E-state index in [9.17, 15) is 9.59 Å². The maximum absolute atomic E-state index is 13.6. The molecule has 8 heteroatoms. The summed E-state index contributed by atoms with van der Waals surface area (Å²) in [5.74, 6) is -0.0545. The standard InChI is InChI=1S/C28H29BrCl2N2O3/c1-2-3-15-32-28(35)25(16-20-9-5-4-6-10-20)33(18-21-11-7-8-12-24(21)31)27(34)19-36-26-14-13-22(30)17-23(26)29/h4-14,17,25H,2-3,15-16,18-19H2,1H3,(H,32,35). The Morgan fingerprint density at radius 3 is 2.44 bits per heavy atom. The molecular weight excluding hydrogens is 563 g/mol. The van der Waals surface area contributed by atoms with Crippen molar-refractivity contribution in [3.63, 3.8) is 0 Å². The molecule has 1 atom stereocenters. The van der Waals surface area contributed by atoms with Gasteiger partial charge in [0.15, 0.2) is 6.61 Å². The predicted molar refractivity (Wildman–Crippen MR) is 149 cm³/mol. The first-order valence-corrected chi connectivity index (χ1v) is 13.4. The average Bonchev–Trinajstić information content (AvgIpc) is 2.87. The summed E-state index contributed by atoms with van der Waals surface area (Å²) in [6.07, 6.45) is 2.17. The van der Waals surface area contributed by atoms with Crippen LogP contribution in [0.3, 0.4) is 0 Å². The third-order valence-electron chi connectivity index (χ3n) is 5.64. The minimum absolute atomic E-state index is 0.169. The monoisotopic (exact) mass is 590 g/mol. The number of nitrogens with one attached hydrogen (secondary N) is 1. The SMILES string of the molecule is CCCCNC(=O)C(Cc1ccccc1)N(Cc1ccccc1Cl)C(=O)COc1ccc(Cl)cc1Br. The third-order valence-corrected chi connectivity index (χ3v) is 6.87. The number of hydrogen-bond acceptors (Lipinski definition) is 3. The van der Waals surface area contributed by atoms with Gasteiger partial charge in [0.25, 0.3) is 5.91 Å². The molecule has 190 valence electrons. The maximum Gasteiger partial charge on any atom is 0.261 e. The molecule has 36 heavy (non-hydrogen) atoms. The second-order valence-electron chi connectivity index (χ2n) is 8.33. The van der Waals surface area contributed by atoms with Gasteiger partial charge >= 0.3 is 0 Å². The zero-order chi connectivity index (χ0) is 25.9.